The van der Waals surface area contributed by atoms with Gasteiger partial charge in [-0.3, -0.25) is 9.69 Å². The van der Waals surface area contributed by atoms with E-state index < -0.39 is 5.41 Å². The van der Waals surface area contributed by atoms with Crippen molar-refractivity contribution in [2.24, 2.45) is 11.3 Å². The summed E-state index contributed by atoms with van der Waals surface area (Å²) in [5, 5.41) is 5.78. The van der Waals surface area contributed by atoms with Crippen molar-refractivity contribution >= 4 is 11.9 Å². The van der Waals surface area contributed by atoms with Gasteiger partial charge < -0.3 is 15.5 Å². The number of nitrogens with one attached hydrogen (secondary N) is 2. The van der Waals surface area contributed by atoms with Gasteiger partial charge in [-0.25, -0.2) is 4.79 Å². The van der Waals surface area contributed by atoms with Gasteiger partial charge in [-0.2, -0.15) is 0 Å². The van der Waals surface area contributed by atoms with Gasteiger partial charge in [0.15, 0.2) is 0 Å². The Morgan fingerprint density at radius 2 is 1.82 bits per heavy atom. The lowest BCUT2D eigenvalue weighted by molar-refractivity contribution is -0.128. The van der Waals surface area contributed by atoms with Gasteiger partial charge in [0.05, 0.1) is 0 Å². The molecule has 0 aliphatic carbocycles. The minimum atomic E-state index is -0.409. The molecule has 3 amide bonds. The van der Waals surface area contributed by atoms with Crippen LogP contribution in [0.15, 0.2) is 30.3 Å². The average Bonchev–Trinajstić information content (AvgIpc) is 3.09. The highest BCUT2D eigenvalue weighted by Gasteiger charge is 2.26. The fourth-order valence-electron chi connectivity index (χ4n) is 3.44. The van der Waals surface area contributed by atoms with Gasteiger partial charge in [-0.15, -0.1) is 0 Å². The maximum atomic E-state index is 12.5. The highest BCUT2D eigenvalue weighted by molar-refractivity contribution is 5.81. The third-order valence-corrected chi connectivity index (χ3v) is 5.13. The first-order valence-corrected chi connectivity index (χ1v) is 10.4. The Hall–Kier alpha value is -2.08. The van der Waals surface area contributed by atoms with Gasteiger partial charge in [-0.05, 0) is 31.4 Å². The highest BCUT2D eigenvalue weighted by Crippen LogP contribution is 2.19. The first-order chi connectivity index (χ1) is 13.3. The van der Waals surface area contributed by atoms with E-state index in [1.807, 2.05) is 38.7 Å². The zero-order valence-electron chi connectivity index (χ0n) is 17.8. The molecule has 0 radical (unpaired) electrons. The van der Waals surface area contributed by atoms with Crippen LogP contribution in [0.4, 0.5) is 4.79 Å². The van der Waals surface area contributed by atoms with E-state index in [9.17, 15) is 9.59 Å². The lowest BCUT2D eigenvalue weighted by Gasteiger charge is -2.25. The molecule has 0 aromatic heterocycles. The number of urea groups is 1. The van der Waals surface area contributed by atoms with Gasteiger partial charge in [-0.1, -0.05) is 51.1 Å². The van der Waals surface area contributed by atoms with Crippen molar-refractivity contribution in [2.45, 2.75) is 40.7 Å². The van der Waals surface area contributed by atoms with Crippen molar-refractivity contribution in [1.82, 2.24) is 20.4 Å². The molecule has 1 saturated heterocycles. The second-order valence-corrected chi connectivity index (χ2v) is 8.65. The molecule has 1 fully saturated rings. The minimum Gasteiger partial charge on any atom is -0.354 e. The van der Waals surface area contributed by atoms with Crippen LogP contribution in [0.5, 0.6) is 0 Å². The lowest BCUT2D eigenvalue weighted by Crippen LogP contribution is -2.46. The van der Waals surface area contributed by atoms with E-state index in [2.05, 4.69) is 39.8 Å². The molecule has 2 rings (SSSR count). The smallest absolute Gasteiger partial charge is 0.317 e. The molecule has 1 aromatic rings. The van der Waals surface area contributed by atoms with E-state index in [-0.39, 0.29) is 11.9 Å². The molecule has 1 aliphatic rings. The van der Waals surface area contributed by atoms with Crippen molar-refractivity contribution < 1.29 is 9.59 Å². The summed E-state index contributed by atoms with van der Waals surface area (Å²) in [6, 6.07) is 10.5. The molecule has 1 heterocycles. The lowest BCUT2D eigenvalue weighted by atomic mass is 9.96. The Labute approximate surface area is 169 Å². The van der Waals surface area contributed by atoms with E-state index in [1.54, 1.807) is 0 Å². The molecule has 1 unspecified atom stereocenters. The fourth-order valence-corrected chi connectivity index (χ4v) is 3.44. The maximum Gasteiger partial charge on any atom is 0.317 e. The number of hydrogen-bond acceptors (Lipinski definition) is 3. The molecule has 0 spiro atoms. The molecule has 156 valence electrons. The number of nitrogens with zero attached hydrogens (tertiary/aromatic N) is 2. The largest absolute Gasteiger partial charge is 0.354 e. The molecule has 6 nitrogen and oxygen atoms in total. The molecule has 1 atom stereocenters. The predicted molar refractivity (Wildman–Crippen MR) is 113 cm³/mol. The van der Waals surface area contributed by atoms with E-state index >= 15 is 0 Å². The van der Waals surface area contributed by atoms with Gasteiger partial charge in [0, 0.05) is 44.7 Å². The van der Waals surface area contributed by atoms with E-state index in [0.29, 0.717) is 25.6 Å². The molecule has 28 heavy (non-hydrogen) atoms. The fraction of sp³-hybridized carbons (Fsp3) is 0.636. The Balaban J connectivity index is 1.70. The SMILES string of the molecule is CCN(CC1CCN(Cc2ccccc2)C1)C(=O)NCCNC(=O)C(C)(C)C. The van der Waals surface area contributed by atoms with Gasteiger partial charge >= 0.3 is 6.03 Å². The maximum absolute atomic E-state index is 12.5. The summed E-state index contributed by atoms with van der Waals surface area (Å²) < 4.78 is 0. The van der Waals surface area contributed by atoms with Crippen LogP contribution in [0.1, 0.15) is 39.7 Å². The second-order valence-electron chi connectivity index (χ2n) is 8.65. The number of benzene rings is 1. The van der Waals surface area contributed by atoms with Crippen molar-refractivity contribution in [2.75, 3.05) is 39.3 Å². The third kappa shape index (κ3) is 7.15. The zero-order chi connectivity index (χ0) is 20.6. The summed E-state index contributed by atoms with van der Waals surface area (Å²) in [5.74, 6) is 0.508. The number of hydrogen-bond donors (Lipinski definition) is 2. The Bertz CT molecular complexity index is 627. The molecule has 0 saturated carbocycles. The van der Waals surface area contributed by atoms with Gasteiger partial charge in [0.2, 0.25) is 5.91 Å². The second kappa shape index (κ2) is 10.5. The summed E-state index contributed by atoms with van der Waals surface area (Å²) in [6.45, 7) is 13.1. The number of amides is 3. The number of likely N-dealkylation sites (tertiary alicyclic amines) is 1. The topological polar surface area (TPSA) is 64.7 Å². The number of rotatable bonds is 8. The Morgan fingerprint density at radius 1 is 1.14 bits per heavy atom. The van der Waals surface area contributed by atoms with Crippen LogP contribution in [-0.4, -0.2) is 61.0 Å². The zero-order valence-corrected chi connectivity index (χ0v) is 17.8. The summed E-state index contributed by atoms with van der Waals surface area (Å²) in [7, 11) is 0. The van der Waals surface area contributed by atoms with Crippen molar-refractivity contribution in [3.8, 4) is 0 Å². The molecular weight excluding hydrogens is 352 g/mol. The monoisotopic (exact) mass is 388 g/mol. The van der Waals surface area contributed by atoms with Crippen molar-refractivity contribution in [3.05, 3.63) is 35.9 Å². The summed E-state index contributed by atoms with van der Waals surface area (Å²) in [4.78, 5) is 28.7. The van der Waals surface area contributed by atoms with Crippen molar-refractivity contribution in [3.63, 3.8) is 0 Å². The minimum absolute atomic E-state index is 0.00133. The Kier molecular flexibility index (Phi) is 8.30. The first kappa shape index (κ1) is 22.2. The predicted octanol–water partition coefficient (Wildman–Crippen LogP) is 2.70. The molecule has 1 aliphatic heterocycles. The summed E-state index contributed by atoms with van der Waals surface area (Å²) in [5.41, 5.74) is 0.929. The average molecular weight is 389 g/mol. The summed E-state index contributed by atoms with van der Waals surface area (Å²) in [6.07, 6.45) is 1.12. The first-order valence-electron chi connectivity index (χ1n) is 10.4. The van der Waals surface area contributed by atoms with Crippen LogP contribution < -0.4 is 10.6 Å². The van der Waals surface area contributed by atoms with Gasteiger partial charge in [0.1, 0.15) is 0 Å². The number of carbonyl (C=O) groups excluding carboxylic acids is 2. The quantitative estimate of drug-likeness (QED) is 0.673. The van der Waals surface area contributed by atoms with Crippen LogP contribution in [0.2, 0.25) is 0 Å². The van der Waals surface area contributed by atoms with Crippen LogP contribution >= 0.6 is 0 Å². The molecular formula is C22H36N4O2. The van der Waals surface area contributed by atoms with E-state index in [4.69, 9.17) is 0 Å². The van der Waals surface area contributed by atoms with Crippen LogP contribution in [0.25, 0.3) is 0 Å². The normalized spacial score (nSPS) is 17.4. The standard InChI is InChI=1S/C22H36N4O2/c1-5-26(21(28)24-13-12-23-20(27)22(2,3)4)17-19-11-14-25(16-19)15-18-9-7-6-8-10-18/h6-10,19H,5,11-17H2,1-4H3,(H,23,27)(H,24,28). The number of carbonyl (C=O) groups is 2. The highest BCUT2D eigenvalue weighted by atomic mass is 16.2. The third-order valence-electron chi connectivity index (χ3n) is 5.13. The van der Waals surface area contributed by atoms with Crippen LogP contribution in [-0.2, 0) is 11.3 Å². The van der Waals surface area contributed by atoms with E-state index in [1.165, 1.54) is 5.56 Å². The summed E-state index contributed by atoms with van der Waals surface area (Å²) >= 11 is 0. The van der Waals surface area contributed by atoms with Crippen LogP contribution in [0, 0.1) is 11.3 Å². The van der Waals surface area contributed by atoms with E-state index in [0.717, 1.165) is 32.6 Å². The van der Waals surface area contributed by atoms with Gasteiger partial charge in [0.25, 0.3) is 0 Å². The Morgan fingerprint density at radius 3 is 2.46 bits per heavy atom. The molecule has 0 bridgehead atoms. The molecule has 2 N–H and O–H groups in total. The molecule has 6 heteroatoms. The van der Waals surface area contributed by atoms with Crippen molar-refractivity contribution in [1.29, 1.82) is 0 Å². The molecule has 1 aromatic carbocycles. The van der Waals surface area contributed by atoms with Crippen LogP contribution in [0.3, 0.4) is 0 Å².